The van der Waals surface area contributed by atoms with E-state index in [1.807, 2.05) is 24.3 Å². The van der Waals surface area contributed by atoms with Crippen LogP contribution in [0.3, 0.4) is 0 Å². The average molecular weight is 335 g/mol. The molecule has 2 amide bonds. The highest BCUT2D eigenvalue weighted by molar-refractivity contribution is 5.97. The highest BCUT2D eigenvalue weighted by atomic mass is 16.3. The van der Waals surface area contributed by atoms with Crippen LogP contribution in [0.2, 0.25) is 0 Å². The summed E-state index contributed by atoms with van der Waals surface area (Å²) in [4.78, 5) is 32.5. The van der Waals surface area contributed by atoms with Gasteiger partial charge in [0.15, 0.2) is 5.76 Å². The third kappa shape index (κ3) is 2.98. The molecule has 2 aromatic heterocycles. The minimum atomic E-state index is -0.135. The maximum atomic E-state index is 12.6. The van der Waals surface area contributed by atoms with E-state index in [0.29, 0.717) is 43.1 Å². The molecule has 0 N–H and O–H groups in total. The van der Waals surface area contributed by atoms with Crippen LogP contribution in [-0.4, -0.2) is 52.8 Å². The third-order valence-electron chi connectivity index (χ3n) is 4.40. The van der Waals surface area contributed by atoms with E-state index < -0.39 is 0 Å². The van der Waals surface area contributed by atoms with Gasteiger partial charge >= 0.3 is 0 Å². The Morgan fingerprint density at radius 1 is 0.920 bits per heavy atom. The normalized spacial score (nSPS) is 14.7. The maximum Gasteiger partial charge on any atom is 0.289 e. The first-order valence-corrected chi connectivity index (χ1v) is 8.19. The average Bonchev–Trinajstić information content (AvgIpc) is 3.12. The Morgan fingerprint density at radius 3 is 2.32 bits per heavy atom. The topological polar surface area (TPSA) is 66.7 Å². The zero-order valence-corrected chi connectivity index (χ0v) is 13.6. The Bertz CT molecular complexity index is 879. The largest absolute Gasteiger partial charge is 0.451 e. The van der Waals surface area contributed by atoms with E-state index in [1.165, 1.54) is 0 Å². The van der Waals surface area contributed by atoms with Gasteiger partial charge in [0.1, 0.15) is 5.58 Å². The van der Waals surface area contributed by atoms with E-state index in [0.717, 1.165) is 5.39 Å². The molecule has 1 aromatic carbocycles. The minimum Gasteiger partial charge on any atom is -0.451 e. The summed E-state index contributed by atoms with van der Waals surface area (Å²) < 4.78 is 5.65. The smallest absolute Gasteiger partial charge is 0.289 e. The number of pyridine rings is 1. The van der Waals surface area contributed by atoms with Gasteiger partial charge in [-0.1, -0.05) is 18.2 Å². The molecule has 0 bridgehead atoms. The standard InChI is InChI=1S/C19H17N3O3/c23-18(15-5-3-7-20-13-15)21-8-10-22(11-9-21)19(24)17-12-14-4-1-2-6-16(14)25-17/h1-7,12-13H,8-11H2. The van der Waals surface area contributed by atoms with Crippen molar-refractivity contribution >= 4 is 22.8 Å². The Morgan fingerprint density at radius 2 is 1.64 bits per heavy atom. The van der Waals surface area contributed by atoms with Crippen LogP contribution < -0.4 is 0 Å². The van der Waals surface area contributed by atoms with Gasteiger partial charge in [0.05, 0.1) is 5.56 Å². The minimum absolute atomic E-state index is 0.0519. The number of amides is 2. The number of piperazine rings is 1. The second-order valence-electron chi connectivity index (χ2n) is 5.97. The van der Waals surface area contributed by atoms with Crippen molar-refractivity contribution in [3.05, 3.63) is 66.2 Å². The van der Waals surface area contributed by atoms with Gasteiger partial charge in [-0.15, -0.1) is 0 Å². The molecule has 1 fully saturated rings. The molecule has 3 aromatic rings. The summed E-state index contributed by atoms with van der Waals surface area (Å²) in [7, 11) is 0. The quantitative estimate of drug-likeness (QED) is 0.721. The van der Waals surface area contributed by atoms with Gasteiger partial charge in [-0.3, -0.25) is 14.6 Å². The van der Waals surface area contributed by atoms with Crippen molar-refractivity contribution in [3.8, 4) is 0 Å². The second-order valence-corrected chi connectivity index (χ2v) is 5.97. The number of carbonyl (C=O) groups excluding carboxylic acids is 2. The number of rotatable bonds is 2. The Hall–Kier alpha value is -3.15. The van der Waals surface area contributed by atoms with E-state index in [2.05, 4.69) is 4.98 Å². The van der Waals surface area contributed by atoms with Gasteiger partial charge in [0, 0.05) is 44.0 Å². The van der Waals surface area contributed by atoms with Crippen molar-refractivity contribution < 1.29 is 14.0 Å². The molecule has 4 rings (SSSR count). The molecule has 0 aliphatic carbocycles. The number of nitrogens with zero attached hydrogens (tertiary/aromatic N) is 3. The van der Waals surface area contributed by atoms with Crippen LogP contribution in [-0.2, 0) is 0 Å². The first-order valence-electron chi connectivity index (χ1n) is 8.19. The van der Waals surface area contributed by atoms with Gasteiger partial charge in [0.25, 0.3) is 11.8 Å². The summed E-state index contributed by atoms with van der Waals surface area (Å²) in [5.41, 5.74) is 1.27. The fraction of sp³-hybridized carbons (Fsp3) is 0.211. The summed E-state index contributed by atoms with van der Waals surface area (Å²) in [5, 5.41) is 0.913. The first kappa shape index (κ1) is 15.4. The lowest BCUT2D eigenvalue weighted by molar-refractivity contribution is 0.0519. The van der Waals surface area contributed by atoms with E-state index in [1.54, 1.807) is 40.4 Å². The van der Waals surface area contributed by atoms with Crippen LogP contribution in [0.15, 0.2) is 59.3 Å². The van der Waals surface area contributed by atoms with Gasteiger partial charge in [0.2, 0.25) is 0 Å². The summed E-state index contributed by atoms with van der Waals surface area (Å²) in [6.07, 6.45) is 3.20. The highest BCUT2D eigenvalue weighted by Gasteiger charge is 2.27. The van der Waals surface area contributed by atoms with Crippen LogP contribution >= 0.6 is 0 Å². The molecule has 0 spiro atoms. The van der Waals surface area contributed by atoms with Crippen LogP contribution in [0.25, 0.3) is 11.0 Å². The summed E-state index contributed by atoms with van der Waals surface area (Å²) >= 11 is 0. The third-order valence-corrected chi connectivity index (χ3v) is 4.40. The second kappa shape index (κ2) is 6.39. The molecule has 0 radical (unpaired) electrons. The van der Waals surface area contributed by atoms with Gasteiger partial charge in [-0.05, 0) is 24.3 Å². The molecule has 0 unspecified atom stereocenters. The van der Waals surface area contributed by atoms with Crippen LogP contribution in [0, 0.1) is 0 Å². The monoisotopic (exact) mass is 335 g/mol. The van der Waals surface area contributed by atoms with E-state index >= 15 is 0 Å². The zero-order valence-electron chi connectivity index (χ0n) is 13.6. The predicted molar refractivity (Wildman–Crippen MR) is 92.3 cm³/mol. The van der Waals surface area contributed by atoms with E-state index in [4.69, 9.17) is 4.42 Å². The molecule has 25 heavy (non-hydrogen) atoms. The number of benzene rings is 1. The van der Waals surface area contributed by atoms with Crippen molar-refractivity contribution in [1.29, 1.82) is 0 Å². The fourth-order valence-corrected chi connectivity index (χ4v) is 3.03. The van der Waals surface area contributed by atoms with Crippen molar-refractivity contribution in [3.63, 3.8) is 0 Å². The number of hydrogen-bond acceptors (Lipinski definition) is 4. The molecule has 1 saturated heterocycles. The molecular weight excluding hydrogens is 318 g/mol. The Labute approximate surface area is 144 Å². The lowest BCUT2D eigenvalue weighted by atomic mass is 10.2. The summed E-state index contributed by atoms with van der Waals surface area (Å²) in [5.74, 6) is 0.154. The molecule has 126 valence electrons. The van der Waals surface area contributed by atoms with Crippen molar-refractivity contribution in [2.24, 2.45) is 0 Å². The SMILES string of the molecule is O=C(c1cccnc1)N1CCN(C(=O)c2cc3ccccc3o2)CC1. The fourth-order valence-electron chi connectivity index (χ4n) is 3.03. The molecular formula is C19H17N3O3. The van der Waals surface area contributed by atoms with Gasteiger partial charge in [-0.25, -0.2) is 0 Å². The van der Waals surface area contributed by atoms with E-state index in [9.17, 15) is 9.59 Å². The number of aromatic nitrogens is 1. The lowest BCUT2D eigenvalue weighted by Crippen LogP contribution is -2.50. The number of carbonyl (C=O) groups is 2. The predicted octanol–water partition coefficient (Wildman–Crippen LogP) is 2.43. The molecule has 0 atom stereocenters. The molecule has 6 nitrogen and oxygen atoms in total. The number of furan rings is 1. The molecule has 6 heteroatoms. The molecule has 3 heterocycles. The van der Waals surface area contributed by atoms with Crippen LogP contribution in [0.1, 0.15) is 20.9 Å². The van der Waals surface area contributed by atoms with Gasteiger partial charge < -0.3 is 14.2 Å². The first-order chi connectivity index (χ1) is 12.2. The van der Waals surface area contributed by atoms with Crippen molar-refractivity contribution in [1.82, 2.24) is 14.8 Å². The van der Waals surface area contributed by atoms with Crippen LogP contribution in [0.5, 0.6) is 0 Å². The van der Waals surface area contributed by atoms with Gasteiger partial charge in [-0.2, -0.15) is 0 Å². The molecule has 1 aliphatic rings. The van der Waals surface area contributed by atoms with E-state index in [-0.39, 0.29) is 11.8 Å². The Balaban J connectivity index is 1.43. The molecule has 1 aliphatic heterocycles. The van der Waals surface area contributed by atoms with Crippen molar-refractivity contribution in [2.45, 2.75) is 0 Å². The number of hydrogen-bond donors (Lipinski definition) is 0. The zero-order chi connectivity index (χ0) is 17.2. The van der Waals surface area contributed by atoms with Crippen molar-refractivity contribution in [2.75, 3.05) is 26.2 Å². The lowest BCUT2D eigenvalue weighted by Gasteiger charge is -2.34. The summed E-state index contributed by atoms with van der Waals surface area (Å²) in [6, 6.07) is 12.8. The maximum absolute atomic E-state index is 12.6. The number of fused-ring (bicyclic) bond motifs is 1. The summed E-state index contributed by atoms with van der Waals surface area (Å²) in [6.45, 7) is 1.98. The molecule has 0 saturated carbocycles. The van der Waals surface area contributed by atoms with Crippen LogP contribution in [0.4, 0.5) is 0 Å². The highest BCUT2D eigenvalue weighted by Crippen LogP contribution is 2.20. The number of para-hydroxylation sites is 1. The Kier molecular flexibility index (Phi) is 3.93.